The lowest BCUT2D eigenvalue weighted by atomic mass is 10.0. The Balaban J connectivity index is 1.96. The molecule has 0 spiro atoms. The molecule has 0 heterocycles. The van der Waals surface area contributed by atoms with E-state index in [-0.39, 0.29) is 6.04 Å². The summed E-state index contributed by atoms with van der Waals surface area (Å²) in [6.45, 7) is 6.21. The Hall–Kier alpha value is -1.51. The number of rotatable bonds is 6. The molecule has 0 radical (unpaired) electrons. The van der Waals surface area contributed by atoms with Crippen LogP contribution in [0.25, 0.3) is 0 Å². The molecule has 2 aromatic carbocycles. The second-order valence-corrected chi connectivity index (χ2v) is 5.80. The third kappa shape index (κ3) is 4.48. The first-order chi connectivity index (χ1) is 10.1. The summed E-state index contributed by atoms with van der Waals surface area (Å²) in [7, 11) is 0. The fraction of sp³-hybridized carbons (Fsp3) is 0.333. The fourth-order valence-corrected chi connectivity index (χ4v) is 2.52. The maximum absolute atomic E-state index is 6.28. The molecule has 2 N–H and O–H groups in total. The maximum atomic E-state index is 6.28. The molecular formula is C18H23ClN2. The Morgan fingerprint density at radius 1 is 1.05 bits per heavy atom. The Bertz CT molecular complexity index is 548. The molecule has 0 aliphatic carbocycles. The highest BCUT2D eigenvalue weighted by Crippen LogP contribution is 2.20. The van der Waals surface area contributed by atoms with Crippen LogP contribution in [0.5, 0.6) is 0 Å². The molecule has 0 amide bonds. The minimum absolute atomic E-state index is 0.0433. The van der Waals surface area contributed by atoms with E-state index in [2.05, 4.69) is 43.0 Å². The van der Waals surface area contributed by atoms with Gasteiger partial charge in [-0.2, -0.15) is 0 Å². The molecule has 0 fully saturated rings. The van der Waals surface area contributed by atoms with Crippen LogP contribution in [0.2, 0.25) is 5.02 Å². The monoisotopic (exact) mass is 302 g/mol. The van der Waals surface area contributed by atoms with Crippen molar-refractivity contribution in [3.05, 3.63) is 64.7 Å². The van der Waals surface area contributed by atoms with E-state index in [1.165, 1.54) is 11.3 Å². The van der Waals surface area contributed by atoms with Gasteiger partial charge in [0.25, 0.3) is 0 Å². The predicted molar refractivity (Wildman–Crippen MR) is 92.1 cm³/mol. The van der Waals surface area contributed by atoms with E-state index in [1.807, 2.05) is 24.3 Å². The van der Waals surface area contributed by atoms with Gasteiger partial charge in [0, 0.05) is 29.8 Å². The van der Waals surface area contributed by atoms with Crippen molar-refractivity contribution in [1.29, 1.82) is 0 Å². The zero-order chi connectivity index (χ0) is 15.2. The highest BCUT2D eigenvalue weighted by atomic mass is 35.5. The fourth-order valence-electron chi connectivity index (χ4n) is 2.40. The van der Waals surface area contributed by atoms with Gasteiger partial charge in [-0.25, -0.2) is 0 Å². The molecule has 0 aliphatic rings. The van der Waals surface area contributed by atoms with Gasteiger partial charge in [-0.1, -0.05) is 41.4 Å². The molecule has 3 heteroatoms. The normalized spacial score (nSPS) is 12.2. The Morgan fingerprint density at radius 2 is 1.67 bits per heavy atom. The first-order valence-electron chi connectivity index (χ1n) is 7.43. The first-order valence-corrected chi connectivity index (χ1v) is 7.80. The molecule has 1 atom stereocenters. The Morgan fingerprint density at radius 3 is 2.24 bits per heavy atom. The van der Waals surface area contributed by atoms with Gasteiger partial charge in [-0.3, -0.25) is 0 Å². The number of nitrogens with zero attached hydrogens (tertiary/aromatic N) is 1. The van der Waals surface area contributed by atoms with Crippen molar-refractivity contribution in [2.24, 2.45) is 5.73 Å². The Labute approximate surface area is 132 Å². The van der Waals surface area contributed by atoms with Crippen LogP contribution < -0.4 is 10.6 Å². The van der Waals surface area contributed by atoms with Crippen LogP contribution in [0.4, 0.5) is 5.69 Å². The molecule has 0 bridgehead atoms. The van der Waals surface area contributed by atoms with E-state index in [9.17, 15) is 0 Å². The second kappa shape index (κ2) is 7.48. The van der Waals surface area contributed by atoms with Crippen molar-refractivity contribution in [2.75, 3.05) is 18.0 Å². The molecular weight excluding hydrogens is 280 g/mol. The topological polar surface area (TPSA) is 29.3 Å². The molecule has 2 aromatic rings. The van der Waals surface area contributed by atoms with Crippen LogP contribution in [0.1, 0.15) is 30.5 Å². The number of anilines is 1. The lowest BCUT2D eigenvalue weighted by Crippen LogP contribution is -2.27. The molecule has 0 saturated heterocycles. The van der Waals surface area contributed by atoms with Gasteiger partial charge in [0.1, 0.15) is 0 Å². The van der Waals surface area contributed by atoms with Gasteiger partial charge in [0.05, 0.1) is 0 Å². The summed E-state index contributed by atoms with van der Waals surface area (Å²) < 4.78 is 0. The average Bonchev–Trinajstić information content (AvgIpc) is 2.50. The molecule has 112 valence electrons. The van der Waals surface area contributed by atoms with Gasteiger partial charge in [0.15, 0.2) is 0 Å². The molecule has 21 heavy (non-hydrogen) atoms. The molecule has 2 rings (SSSR count). The minimum Gasteiger partial charge on any atom is -0.372 e. The summed E-state index contributed by atoms with van der Waals surface area (Å²) >= 11 is 5.91. The summed E-state index contributed by atoms with van der Waals surface area (Å²) in [6.07, 6.45) is 0.920. The van der Waals surface area contributed by atoms with Crippen LogP contribution in [-0.4, -0.2) is 13.1 Å². The number of benzene rings is 2. The number of hydrogen-bond acceptors (Lipinski definition) is 2. The average molecular weight is 303 g/mol. The van der Waals surface area contributed by atoms with E-state index in [4.69, 9.17) is 17.3 Å². The summed E-state index contributed by atoms with van der Waals surface area (Å²) in [5.41, 5.74) is 9.96. The molecule has 0 aromatic heterocycles. The molecule has 0 saturated carbocycles. The highest BCUT2D eigenvalue weighted by molar-refractivity contribution is 6.30. The summed E-state index contributed by atoms with van der Waals surface area (Å²) in [5, 5.41) is 0.751. The molecule has 0 aliphatic heterocycles. The van der Waals surface area contributed by atoms with Crippen LogP contribution in [0.15, 0.2) is 48.5 Å². The second-order valence-electron chi connectivity index (χ2n) is 5.36. The summed E-state index contributed by atoms with van der Waals surface area (Å²) in [5.74, 6) is 0. The van der Waals surface area contributed by atoms with Crippen molar-refractivity contribution in [3.63, 3.8) is 0 Å². The maximum Gasteiger partial charge on any atom is 0.0406 e. The summed E-state index contributed by atoms with van der Waals surface area (Å²) in [4.78, 5) is 2.36. The van der Waals surface area contributed by atoms with E-state index in [0.29, 0.717) is 0 Å². The van der Waals surface area contributed by atoms with Gasteiger partial charge in [-0.05, 0) is 50.1 Å². The minimum atomic E-state index is 0.0433. The molecule has 2 nitrogen and oxygen atoms in total. The SMILES string of the molecule is CCN(CCC(N)c1ccc(Cl)cc1)c1ccc(C)cc1. The predicted octanol–water partition coefficient (Wildman–Crippen LogP) is 4.56. The van der Waals surface area contributed by atoms with Crippen molar-refractivity contribution < 1.29 is 0 Å². The van der Waals surface area contributed by atoms with Crippen LogP contribution in [-0.2, 0) is 0 Å². The zero-order valence-electron chi connectivity index (χ0n) is 12.7. The van der Waals surface area contributed by atoms with Gasteiger partial charge in [-0.15, -0.1) is 0 Å². The quantitative estimate of drug-likeness (QED) is 0.847. The van der Waals surface area contributed by atoms with Gasteiger partial charge >= 0.3 is 0 Å². The highest BCUT2D eigenvalue weighted by Gasteiger charge is 2.09. The van der Waals surface area contributed by atoms with Crippen molar-refractivity contribution in [1.82, 2.24) is 0 Å². The van der Waals surface area contributed by atoms with Crippen molar-refractivity contribution >= 4 is 17.3 Å². The van der Waals surface area contributed by atoms with Crippen LogP contribution in [0.3, 0.4) is 0 Å². The third-order valence-corrected chi connectivity index (χ3v) is 4.04. The number of aryl methyl sites for hydroxylation is 1. The first kappa shape index (κ1) is 15.9. The van der Waals surface area contributed by atoms with Crippen LogP contribution >= 0.6 is 11.6 Å². The van der Waals surface area contributed by atoms with Crippen molar-refractivity contribution in [2.45, 2.75) is 26.3 Å². The van der Waals surface area contributed by atoms with Crippen LogP contribution in [0, 0.1) is 6.92 Å². The smallest absolute Gasteiger partial charge is 0.0406 e. The van der Waals surface area contributed by atoms with Gasteiger partial charge < -0.3 is 10.6 Å². The van der Waals surface area contributed by atoms with E-state index in [1.54, 1.807) is 0 Å². The Kier molecular flexibility index (Phi) is 5.66. The van der Waals surface area contributed by atoms with Gasteiger partial charge in [0.2, 0.25) is 0 Å². The van der Waals surface area contributed by atoms with E-state index >= 15 is 0 Å². The van der Waals surface area contributed by atoms with E-state index in [0.717, 1.165) is 30.1 Å². The van der Waals surface area contributed by atoms with Crippen molar-refractivity contribution in [3.8, 4) is 0 Å². The standard InChI is InChI=1S/C18H23ClN2/c1-3-21(17-10-4-14(2)5-11-17)13-12-18(20)15-6-8-16(19)9-7-15/h4-11,18H,3,12-13,20H2,1-2H3. The van der Waals surface area contributed by atoms with E-state index < -0.39 is 0 Å². The summed E-state index contributed by atoms with van der Waals surface area (Å²) in [6, 6.07) is 16.5. The molecule has 1 unspecified atom stereocenters. The lowest BCUT2D eigenvalue weighted by Gasteiger charge is -2.25. The number of nitrogens with two attached hydrogens (primary N) is 1. The third-order valence-electron chi connectivity index (χ3n) is 3.79. The largest absolute Gasteiger partial charge is 0.372 e. The number of hydrogen-bond donors (Lipinski definition) is 1. The lowest BCUT2D eigenvalue weighted by molar-refractivity contribution is 0.632. The number of halogens is 1. The zero-order valence-corrected chi connectivity index (χ0v) is 13.5.